The Kier molecular flexibility index (Phi) is 11.1. The van der Waals surface area contributed by atoms with E-state index in [0.717, 1.165) is 31.0 Å². The lowest BCUT2D eigenvalue weighted by atomic mass is 10.2. The van der Waals surface area contributed by atoms with Crippen molar-refractivity contribution < 1.29 is 13.9 Å². The predicted molar refractivity (Wildman–Crippen MR) is 141 cm³/mol. The molecule has 3 rings (SSSR count). The van der Waals surface area contributed by atoms with Crippen LogP contribution in [0, 0.1) is 5.82 Å². The Morgan fingerprint density at radius 2 is 1.94 bits per heavy atom. The van der Waals surface area contributed by atoms with E-state index in [-0.39, 0.29) is 53.9 Å². The summed E-state index contributed by atoms with van der Waals surface area (Å²) in [4.78, 5) is 11.5. The van der Waals surface area contributed by atoms with E-state index in [0.29, 0.717) is 19.0 Å². The zero-order chi connectivity index (χ0) is 22.9. The van der Waals surface area contributed by atoms with Crippen molar-refractivity contribution in [2.24, 2.45) is 4.99 Å². The zero-order valence-electron chi connectivity index (χ0n) is 19.8. The van der Waals surface area contributed by atoms with E-state index in [1.54, 1.807) is 18.2 Å². The van der Waals surface area contributed by atoms with E-state index in [9.17, 15) is 4.39 Å². The minimum absolute atomic E-state index is 0. The smallest absolute Gasteiger partial charge is 0.191 e. The third-order valence-corrected chi connectivity index (χ3v) is 5.04. The van der Waals surface area contributed by atoms with Crippen LogP contribution in [0.5, 0.6) is 5.75 Å². The van der Waals surface area contributed by atoms with E-state index in [4.69, 9.17) is 9.47 Å². The molecule has 0 aliphatic carbocycles. The first-order valence-electron chi connectivity index (χ1n) is 11.2. The number of morpholine rings is 1. The van der Waals surface area contributed by atoms with Gasteiger partial charge in [0.05, 0.1) is 25.3 Å². The maximum Gasteiger partial charge on any atom is 0.191 e. The molecule has 2 aromatic rings. The van der Waals surface area contributed by atoms with Crippen LogP contribution >= 0.6 is 24.0 Å². The first kappa shape index (κ1) is 27.1. The molecule has 1 aromatic heterocycles. The molecule has 7 nitrogen and oxygen atoms in total. The number of aliphatic imine (C=N–C) groups is 1. The third kappa shape index (κ3) is 8.62. The number of halogens is 2. The average Bonchev–Trinajstić information content (AvgIpc) is 2.77. The monoisotopic (exact) mass is 571 g/mol. The Balaban J connectivity index is 0.00000385. The van der Waals surface area contributed by atoms with Crippen LogP contribution in [0.4, 0.5) is 10.2 Å². The molecular formula is C24H35FIN5O2. The molecule has 1 aliphatic heterocycles. The lowest BCUT2D eigenvalue weighted by Crippen LogP contribution is -2.45. The molecule has 1 aromatic carbocycles. The maximum atomic E-state index is 13.8. The fourth-order valence-corrected chi connectivity index (χ4v) is 3.61. The van der Waals surface area contributed by atoms with Crippen LogP contribution in [-0.2, 0) is 11.3 Å². The van der Waals surface area contributed by atoms with Gasteiger partial charge in [-0.2, -0.15) is 0 Å². The van der Waals surface area contributed by atoms with Crippen molar-refractivity contribution in [3.05, 3.63) is 54.0 Å². The van der Waals surface area contributed by atoms with Crippen molar-refractivity contribution in [2.75, 3.05) is 31.1 Å². The first-order valence-corrected chi connectivity index (χ1v) is 11.2. The number of benzene rings is 1. The summed E-state index contributed by atoms with van der Waals surface area (Å²) in [6, 6.07) is 10.5. The second-order valence-corrected chi connectivity index (χ2v) is 8.12. The second kappa shape index (κ2) is 13.5. The highest BCUT2D eigenvalue weighted by molar-refractivity contribution is 14.0. The van der Waals surface area contributed by atoms with Crippen LogP contribution in [0.2, 0.25) is 0 Å². The standard InChI is InChI=1S/C24H34FN5O2.HI/c1-5-26-24(28-12-17(2)32-22-9-7-6-8-21(22)25)29-14-20-10-11-23(27-13-20)30-15-18(3)31-19(4)16-30;/h6-11,13,17-19H,5,12,14-16H2,1-4H3,(H2,26,28,29);1H. The minimum Gasteiger partial charge on any atom is -0.486 e. The Morgan fingerprint density at radius 1 is 1.21 bits per heavy atom. The lowest BCUT2D eigenvalue weighted by molar-refractivity contribution is -0.00546. The molecule has 0 amide bonds. The van der Waals surface area contributed by atoms with Gasteiger partial charge in [-0.25, -0.2) is 14.4 Å². The number of hydrogen-bond acceptors (Lipinski definition) is 5. The highest BCUT2D eigenvalue weighted by Crippen LogP contribution is 2.19. The van der Waals surface area contributed by atoms with Gasteiger partial charge in [0, 0.05) is 25.8 Å². The average molecular weight is 571 g/mol. The molecule has 1 fully saturated rings. The van der Waals surface area contributed by atoms with Gasteiger partial charge in [0.15, 0.2) is 17.5 Å². The molecule has 182 valence electrons. The van der Waals surface area contributed by atoms with Crippen molar-refractivity contribution in [3.63, 3.8) is 0 Å². The Morgan fingerprint density at radius 3 is 2.58 bits per heavy atom. The fourth-order valence-electron chi connectivity index (χ4n) is 3.61. The second-order valence-electron chi connectivity index (χ2n) is 8.12. The van der Waals surface area contributed by atoms with E-state index in [1.165, 1.54) is 6.07 Å². The molecule has 1 aliphatic rings. The molecule has 0 bridgehead atoms. The van der Waals surface area contributed by atoms with Crippen molar-refractivity contribution in [1.82, 2.24) is 15.6 Å². The van der Waals surface area contributed by atoms with Gasteiger partial charge < -0.3 is 25.0 Å². The fraction of sp³-hybridized carbons (Fsp3) is 0.500. The first-order chi connectivity index (χ1) is 15.4. The third-order valence-electron chi connectivity index (χ3n) is 5.04. The zero-order valence-corrected chi connectivity index (χ0v) is 22.1. The molecule has 2 N–H and O–H groups in total. The number of guanidine groups is 1. The molecule has 3 unspecified atom stereocenters. The largest absolute Gasteiger partial charge is 0.486 e. The van der Waals surface area contributed by atoms with Crippen LogP contribution in [0.25, 0.3) is 0 Å². The normalized spacial score (nSPS) is 19.4. The van der Waals surface area contributed by atoms with E-state index < -0.39 is 0 Å². The molecular weight excluding hydrogens is 536 g/mol. The van der Waals surface area contributed by atoms with Crippen molar-refractivity contribution in [3.8, 4) is 5.75 Å². The topological polar surface area (TPSA) is 71.0 Å². The molecule has 1 saturated heterocycles. The van der Waals surface area contributed by atoms with Crippen LogP contribution in [-0.4, -0.2) is 55.4 Å². The summed E-state index contributed by atoms with van der Waals surface area (Å²) in [5, 5.41) is 6.48. The van der Waals surface area contributed by atoms with E-state index in [1.807, 2.05) is 26.1 Å². The number of aromatic nitrogens is 1. The number of anilines is 1. The molecule has 0 spiro atoms. The SMILES string of the molecule is CCNC(=NCc1ccc(N2CC(C)OC(C)C2)nc1)NCC(C)Oc1ccccc1F.I. The van der Waals surface area contributed by atoms with Crippen molar-refractivity contribution in [1.29, 1.82) is 0 Å². The predicted octanol–water partition coefficient (Wildman–Crippen LogP) is 3.97. The Bertz CT molecular complexity index is 873. The summed E-state index contributed by atoms with van der Waals surface area (Å²) >= 11 is 0. The van der Waals surface area contributed by atoms with Crippen molar-refractivity contribution >= 4 is 35.8 Å². The van der Waals surface area contributed by atoms with Gasteiger partial charge in [0.25, 0.3) is 0 Å². The highest BCUT2D eigenvalue weighted by Gasteiger charge is 2.22. The van der Waals surface area contributed by atoms with Crippen LogP contribution in [0.1, 0.15) is 33.3 Å². The summed E-state index contributed by atoms with van der Waals surface area (Å²) < 4.78 is 25.2. The number of pyridine rings is 1. The summed E-state index contributed by atoms with van der Waals surface area (Å²) in [5.41, 5.74) is 1.02. The molecule has 0 saturated carbocycles. The lowest BCUT2D eigenvalue weighted by Gasteiger charge is -2.36. The molecule has 33 heavy (non-hydrogen) atoms. The highest BCUT2D eigenvalue weighted by atomic mass is 127. The van der Waals surface area contributed by atoms with Gasteiger partial charge in [-0.05, 0) is 51.5 Å². The summed E-state index contributed by atoms with van der Waals surface area (Å²) in [5.74, 6) is 1.52. The Hall–Kier alpha value is -2.14. The van der Waals surface area contributed by atoms with Gasteiger partial charge >= 0.3 is 0 Å². The van der Waals surface area contributed by atoms with Crippen molar-refractivity contribution in [2.45, 2.75) is 52.6 Å². The molecule has 0 radical (unpaired) electrons. The molecule has 3 atom stereocenters. The van der Waals surface area contributed by atoms with Gasteiger partial charge in [-0.15, -0.1) is 24.0 Å². The molecule has 9 heteroatoms. The number of para-hydroxylation sites is 1. The minimum atomic E-state index is -0.364. The van der Waals surface area contributed by atoms with Crippen LogP contribution < -0.4 is 20.3 Å². The number of nitrogens with zero attached hydrogens (tertiary/aromatic N) is 3. The van der Waals surface area contributed by atoms with E-state index in [2.05, 4.69) is 45.4 Å². The molecule has 2 heterocycles. The summed E-state index contributed by atoms with van der Waals surface area (Å²) in [6.07, 6.45) is 2.04. The number of hydrogen-bond donors (Lipinski definition) is 2. The Labute approximate surface area is 213 Å². The number of rotatable bonds is 8. The van der Waals surface area contributed by atoms with Crippen LogP contribution in [0.15, 0.2) is 47.6 Å². The van der Waals surface area contributed by atoms with Gasteiger partial charge in [-0.1, -0.05) is 18.2 Å². The van der Waals surface area contributed by atoms with Gasteiger partial charge in [0.2, 0.25) is 0 Å². The summed E-state index contributed by atoms with van der Waals surface area (Å²) in [7, 11) is 0. The summed E-state index contributed by atoms with van der Waals surface area (Å²) in [6.45, 7) is 11.5. The quantitative estimate of drug-likeness (QED) is 0.284. The van der Waals surface area contributed by atoms with E-state index >= 15 is 0 Å². The van der Waals surface area contributed by atoms with Gasteiger partial charge in [0.1, 0.15) is 11.9 Å². The van der Waals surface area contributed by atoms with Crippen LogP contribution in [0.3, 0.4) is 0 Å². The van der Waals surface area contributed by atoms with Gasteiger partial charge in [-0.3, -0.25) is 0 Å². The number of nitrogens with one attached hydrogen (secondary N) is 2. The maximum absolute atomic E-state index is 13.8. The number of ether oxygens (including phenoxy) is 2.